The fourth-order valence-corrected chi connectivity index (χ4v) is 2.85. The Balaban J connectivity index is 2.03. The second-order valence-corrected chi connectivity index (χ2v) is 5.13. The Kier molecular flexibility index (Phi) is 2.70. The summed E-state index contributed by atoms with van der Waals surface area (Å²) in [5.74, 6) is -0.679. The third-order valence-corrected chi connectivity index (χ3v) is 4.14. The lowest BCUT2D eigenvalue weighted by Crippen LogP contribution is -2.76. The molecule has 0 aromatic carbocycles. The van der Waals surface area contributed by atoms with Gasteiger partial charge in [0.2, 0.25) is 0 Å². The lowest BCUT2D eigenvalue weighted by Gasteiger charge is -2.52. The highest BCUT2D eigenvalue weighted by Gasteiger charge is 2.65. The van der Waals surface area contributed by atoms with E-state index in [9.17, 15) is 9.59 Å². The molecule has 3 heterocycles. The predicted molar refractivity (Wildman–Crippen MR) is 68.6 cm³/mol. The predicted octanol–water partition coefficient (Wildman–Crippen LogP) is -0.0982. The van der Waals surface area contributed by atoms with Crippen molar-refractivity contribution < 1.29 is 19.3 Å². The van der Waals surface area contributed by atoms with E-state index in [1.807, 2.05) is 0 Å². The molecule has 2 unspecified atom stereocenters. The van der Waals surface area contributed by atoms with Crippen molar-refractivity contribution in [2.45, 2.75) is 37.1 Å². The summed E-state index contributed by atoms with van der Waals surface area (Å²) >= 11 is 0. The molecular formula is C12H16N4O4. The van der Waals surface area contributed by atoms with Crippen LogP contribution in [0.25, 0.3) is 0 Å². The minimum Gasteiger partial charge on any atom is -0.357 e. The van der Waals surface area contributed by atoms with Gasteiger partial charge < -0.3 is 9.68 Å². The molecule has 1 saturated heterocycles. The van der Waals surface area contributed by atoms with Crippen LogP contribution in [-0.2, 0) is 19.3 Å². The Labute approximate surface area is 116 Å². The van der Waals surface area contributed by atoms with Crippen molar-refractivity contribution in [3.05, 3.63) is 0 Å². The molecule has 3 aliphatic rings. The lowest BCUT2D eigenvalue weighted by molar-refractivity contribution is -0.250. The summed E-state index contributed by atoms with van der Waals surface area (Å²) in [5, 5.41) is 7.44. The minimum atomic E-state index is -1.36. The SMILES string of the molecule is CN1C(=O)C2(CCC=NO2)N(C)C(=O)C12CCC=NO2. The standard InChI is InChI=1S/C12H16N4O4/c1-15-9(17)12(6-4-8-14-20-12)16(2)10(18)11(15)5-3-7-13-19-11/h7-8H,3-6H2,1-2H3. The summed E-state index contributed by atoms with van der Waals surface area (Å²) in [6, 6.07) is 0. The second kappa shape index (κ2) is 4.19. The van der Waals surface area contributed by atoms with Crippen LogP contribution in [0.3, 0.4) is 0 Å². The van der Waals surface area contributed by atoms with Crippen molar-refractivity contribution in [3.8, 4) is 0 Å². The number of nitrogens with zero attached hydrogens (tertiary/aromatic N) is 4. The van der Waals surface area contributed by atoms with E-state index in [1.54, 1.807) is 12.4 Å². The molecule has 2 spiro atoms. The maximum absolute atomic E-state index is 12.7. The van der Waals surface area contributed by atoms with Crippen LogP contribution < -0.4 is 0 Å². The molecule has 2 amide bonds. The number of oxime groups is 2. The first-order valence-electron chi connectivity index (χ1n) is 6.51. The summed E-state index contributed by atoms with van der Waals surface area (Å²) in [6.45, 7) is 0. The first-order chi connectivity index (χ1) is 9.54. The molecule has 3 rings (SSSR count). The smallest absolute Gasteiger partial charge is 0.294 e. The van der Waals surface area contributed by atoms with Crippen LogP contribution in [0, 0.1) is 0 Å². The topological polar surface area (TPSA) is 83.8 Å². The molecule has 0 radical (unpaired) electrons. The monoisotopic (exact) mass is 280 g/mol. The lowest BCUT2D eigenvalue weighted by atomic mass is 9.92. The molecule has 0 aliphatic carbocycles. The maximum Gasteiger partial charge on any atom is 0.294 e. The summed E-state index contributed by atoms with van der Waals surface area (Å²) < 4.78 is 0. The first kappa shape index (κ1) is 12.9. The number of rotatable bonds is 0. The van der Waals surface area contributed by atoms with E-state index < -0.39 is 11.4 Å². The molecule has 0 saturated carbocycles. The van der Waals surface area contributed by atoms with E-state index in [4.69, 9.17) is 9.68 Å². The molecular weight excluding hydrogens is 264 g/mol. The highest BCUT2D eigenvalue weighted by Crippen LogP contribution is 2.40. The number of carbonyl (C=O) groups is 2. The second-order valence-electron chi connectivity index (χ2n) is 5.13. The van der Waals surface area contributed by atoms with Gasteiger partial charge in [-0.25, -0.2) is 0 Å². The molecule has 0 aromatic heterocycles. The Hall–Kier alpha value is -2.12. The number of hydrogen-bond donors (Lipinski definition) is 0. The maximum atomic E-state index is 12.7. The average molecular weight is 280 g/mol. The molecule has 0 N–H and O–H groups in total. The zero-order chi connectivity index (χ0) is 14.4. The van der Waals surface area contributed by atoms with E-state index >= 15 is 0 Å². The van der Waals surface area contributed by atoms with Gasteiger partial charge in [0.05, 0.1) is 0 Å². The van der Waals surface area contributed by atoms with Crippen LogP contribution in [0.4, 0.5) is 0 Å². The van der Waals surface area contributed by atoms with Gasteiger partial charge in [-0.3, -0.25) is 19.4 Å². The van der Waals surface area contributed by atoms with E-state index in [0.717, 1.165) is 0 Å². The van der Waals surface area contributed by atoms with Crippen molar-refractivity contribution in [1.82, 2.24) is 9.80 Å². The molecule has 0 aromatic rings. The Morgan fingerprint density at radius 1 is 0.950 bits per heavy atom. The zero-order valence-electron chi connectivity index (χ0n) is 11.4. The molecule has 8 heteroatoms. The van der Waals surface area contributed by atoms with E-state index in [-0.39, 0.29) is 11.8 Å². The van der Waals surface area contributed by atoms with Gasteiger partial charge in [0, 0.05) is 39.4 Å². The molecule has 2 atom stereocenters. The summed E-state index contributed by atoms with van der Waals surface area (Å²) in [4.78, 5) is 38.7. The Bertz CT molecular complexity index is 474. The fraction of sp³-hybridized carbons (Fsp3) is 0.667. The zero-order valence-corrected chi connectivity index (χ0v) is 11.4. The normalized spacial score (nSPS) is 36.5. The van der Waals surface area contributed by atoms with Crippen molar-refractivity contribution in [3.63, 3.8) is 0 Å². The van der Waals surface area contributed by atoms with Gasteiger partial charge in [0.25, 0.3) is 23.3 Å². The van der Waals surface area contributed by atoms with Crippen molar-refractivity contribution in [1.29, 1.82) is 0 Å². The summed E-state index contributed by atoms with van der Waals surface area (Å²) in [6.07, 6.45) is 5.07. The van der Waals surface area contributed by atoms with Crippen molar-refractivity contribution in [2.75, 3.05) is 14.1 Å². The number of hydrogen-bond acceptors (Lipinski definition) is 6. The van der Waals surface area contributed by atoms with Crippen LogP contribution in [0.15, 0.2) is 10.3 Å². The van der Waals surface area contributed by atoms with Gasteiger partial charge >= 0.3 is 0 Å². The van der Waals surface area contributed by atoms with E-state index in [0.29, 0.717) is 25.7 Å². The quantitative estimate of drug-likeness (QED) is 0.620. The number of piperazine rings is 1. The third-order valence-electron chi connectivity index (χ3n) is 4.14. The third kappa shape index (κ3) is 1.41. The molecule has 8 nitrogen and oxygen atoms in total. The molecule has 0 bridgehead atoms. The van der Waals surface area contributed by atoms with Crippen molar-refractivity contribution >= 4 is 24.2 Å². The molecule has 20 heavy (non-hydrogen) atoms. The average Bonchev–Trinajstić information content (AvgIpc) is 2.52. The van der Waals surface area contributed by atoms with Crippen LogP contribution in [0.5, 0.6) is 0 Å². The summed E-state index contributed by atoms with van der Waals surface area (Å²) in [7, 11) is 3.08. The highest BCUT2D eigenvalue weighted by molar-refractivity contribution is 6.01. The molecule has 108 valence electrons. The Morgan fingerprint density at radius 3 is 1.65 bits per heavy atom. The highest BCUT2D eigenvalue weighted by atomic mass is 16.7. The van der Waals surface area contributed by atoms with Crippen LogP contribution in [0.1, 0.15) is 25.7 Å². The molecule has 1 fully saturated rings. The summed E-state index contributed by atoms with van der Waals surface area (Å²) in [5.41, 5.74) is -2.73. The fourth-order valence-electron chi connectivity index (χ4n) is 2.85. The largest absolute Gasteiger partial charge is 0.357 e. The van der Waals surface area contributed by atoms with E-state index in [2.05, 4.69) is 10.3 Å². The first-order valence-corrected chi connectivity index (χ1v) is 6.51. The van der Waals surface area contributed by atoms with Gasteiger partial charge in [0.1, 0.15) is 0 Å². The minimum absolute atomic E-state index is 0.339. The Morgan fingerprint density at radius 2 is 1.35 bits per heavy atom. The number of amides is 2. The van der Waals surface area contributed by atoms with Crippen LogP contribution in [-0.4, -0.2) is 59.6 Å². The van der Waals surface area contributed by atoms with Gasteiger partial charge in [-0.2, -0.15) is 0 Å². The van der Waals surface area contributed by atoms with E-state index in [1.165, 1.54) is 23.9 Å². The van der Waals surface area contributed by atoms with Gasteiger partial charge in [-0.1, -0.05) is 10.3 Å². The number of likely N-dealkylation sites (N-methyl/N-ethyl adjacent to an activating group) is 2. The van der Waals surface area contributed by atoms with Gasteiger partial charge in [-0.15, -0.1) is 0 Å². The van der Waals surface area contributed by atoms with Gasteiger partial charge in [-0.05, 0) is 12.8 Å². The van der Waals surface area contributed by atoms with Crippen LogP contribution >= 0.6 is 0 Å². The molecule has 3 aliphatic heterocycles. The van der Waals surface area contributed by atoms with Crippen LogP contribution in [0.2, 0.25) is 0 Å². The van der Waals surface area contributed by atoms with Crippen molar-refractivity contribution in [2.24, 2.45) is 10.3 Å². The van der Waals surface area contributed by atoms with Gasteiger partial charge in [0.15, 0.2) is 0 Å². The number of carbonyl (C=O) groups excluding carboxylic acids is 2.